The number of nitrogens with one attached hydrogen (secondary N) is 2. The summed E-state index contributed by atoms with van der Waals surface area (Å²) in [5.74, 6) is -0.217. The number of carbonyl (C=O) groups is 1. The number of hydrogen-bond donors (Lipinski definition) is 2. The summed E-state index contributed by atoms with van der Waals surface area (Å²) in [7, 11) is 1.79. The van der Waals surface area contributed by atoms with Crippen LogP contribution in [0.25, 0.3) is 11.1 Å². The van der Waals surface area contributed by atoms with Crippen LogP contribution in [-0.2, 0) is 11.3 Å². The molecule has 1 aromatic carbocycles. The Balaban J connectivity index is 1.76. The second-order valence-corrected chi connectivity index (χ2v) is 4.89. The number of aromatic nitrogens is 1. The van der Waals surface area contributed by atoms with Crippen molar-refractivity contribution in [3.8, 4) is 0 Å². The van der Waals surface area contributed by atoms with Gasteiger partial charge in [-0.25, -0.2) is 4.79 Å². The fraction of sp³-hybridized carbons (Fsp3) is 0.385. The molecule has 1 amide bonds. The zero-order valence-electron chi connectivity index (χ0n) is 10.6. The average Bonchev–Trinajstić information content (AvgIpc) is 2.66. The smallest absolute Gasteiger partial charge is 0.408 e. The van der Waals surface area contributed by atoms with Crippen molar-refractivity contribution in [2.45, 2.75) is 6.54 Å². The largest absolute Gasteiger partial charge is 0.417 e. The van der Waals surface area contributed by atoms with Gasteiger partial charge in [-0.1, -0.05) is 6.07 Å². The first-order chi connectivity index (χ1) is 9.13. The molecule has 6 heteroatoms. The van der Waals surface area contributed by atoms with E-state index in [2.05, 4.69) is 10.3 Å². The summed E-state index contributed by atoms with van der Waals surface area (Å²) in [6.07, 6.45) is 0. The van der Waals surface area contributed by atoms with Crippen molar-refractivity contribution in [3.63, 3.8) is 0 Å². The molecule has 1 aliphatic heterocycles. The SMILES string of the molecule is CN(Cc1ccc2[nH]c(=O)oc2c1)C(=O)C1CNC1. The molecule has 2 heterocycles. The lowest BCUT2D eigenvalue weighted by atomic mass is 10.0. The number of benzene rings is 1. The third kappa shape index (κ3) is 2.26. The molecule has 0 spiro atoms. The van der Waals surface area contributed by atoms with Gasteiger partial charge in [0.25, 0.3) is 0 Å². The molecule has 1 aromatic heterocycles. The first-order valence-corrected chi connectivity index (χ1v) is 6.21. The van der Waals surface area contributed by atoms with E-state index >= 15 is 0 Å². The minimum Gasteiger partial charge on any atom is -0.408 e. The first kappa shape index (κ1) is 12.0. The Kier molecular flexibility index (Phi) is 2.87. The van der Waals surface area contributed by atoms with Crippen LogP contribution in [0.2, 0.25) is 0 Å². The molecular formula is C13H15N3O3. The molecule has 0 bridgehead atoms. The normalized spacial score (nSPS) is 15.4. The standard InChI is InChI=1S/C13H15N3O3/c1-16(12(17)9-5-14-6-9)7-8-2-3-10-11(4-8)19-13(18)15-10/h2-4,9,14H,5-7H2,1H3,(H,15,18). The summed E-state index contributed by atoms with van der Waals surface area (Å²) >= 11 is 0. The molecule has 0 atom stereocenters. The van der Waals surface area contributed by atoms with Crippen molar-refractivity contribution < 1.29 is 9.21 Å². The van der Waals surface area contributed by atoms with Crippen LogP contribution in [0.4, 0.5) is 0 Å². The van der Waals surface area contributed by atoms with Crippen molar-refractivity contribution in [2.75, 3.05) is 20.1 Å². The van der Waals surface area contributed by atoms with Crippen LogP contribution in [0.3, 0.4) is 0 Å². The Hall–Kier alpha value is -2.08. The molecule has 100 valence electrons. The zero-order chi connectivity index (χ0) is 13.4. The lowest BCUT2D eigenvalue weighted by Gasteiger charge is -2.30. The number of rotatable bonds is 3. The summed E-state index contributed by atoms with van der Waals surface area (Å²) in [6, 6.07) is 5.46. The van der Waals surface area contributed by atoms with E-state index in [1.807, 2.05) is 6.07 Å². The van der Waals surface area contributed by atoms with Gasteiger partial charge >= 0.3 is 5.76 Å². The van der Waals surface area contributed by atoms with Gasteiger partial charge in [-0.2, -0.15) is 0 Å². The van der Waals surface area contributed by atoms with E-state index in [0.29, 0.717) is 17.6 Å². The minimum atomic E-state index is -0.461. The predicted molar refractivity (Wildman–Crippen MR) is 69.7 cm³/mol. The molecule has 1 aliphatic rings. The van der Waals surface area contributed by atoms with E-state index < -0.39 is 5.76 Å². The molecule has 3 rings (SSSR count). The fourth-order valence-corrected chi connectivity index (χ4v) is 2.21. The number of hydrogen-bond acceptors (Lipinski definition) is 4. The van der Waals surface area contributed by atoms with Crippen LogP contribution in [0.5, 0.6) is 0 Å². The van der Waals surface area contributed by atoms with Crippen LogP contribution >= 0.6 is 0 Å². The van der Waals surface area contributed by atoms with Crippen LogP contribution < -0.4 is 11.1 Å². The van der Waals surface area contributed by atoms with Gasteiger partial charge < -0.3 is 14.6 Å². The van der Waals surface area contributed by atoms with Gasteiger partial charge in [-0.05, 0) is 17.7 Å². The molecule has 1 saturated heterocycles. The second kappa shape index (κ2) is 4.55. The number of H-pyrrole nitrogens is 1. The highest BCUT2D eigenvalue weighted by Gasteiger charge is 2.27. The number of nitrogens with zero attached hydrogens (tertiary/aromatic N) is 1. The molecule has 1 fully saturated rings. The Labute approximate surface area is 109 Å². The van der Waals surface area contributed by atoms with Gasteiger partial charge in [0, 0.05) is 26.7 Å². The van der Waals surface area contributed by atoms with Gasteiger partial charge in [0.2, 0.25) is 5.91 Å². The highest BCUT2D eigenvalue weighted by molar-refractivity contribution is 5.80. The molecule has 19 heavy (non-hydrogen) atoms. The lowest BCUT2D eigenvalue weighted by molar-refractivity contribution is -0.136. The Bertz CT molecular complexity index is 669. The maximum absolute atomic E-state index is 12.0. The van der Waals surface area contributed by atoms with E-state index in [4.69, 9.17) is 4.42 Å². The number of amides is 1. The van der Waals surface area contributed by atoms with Crippen LogP contribution in [0.1, 0.15) is 5.56 Å². The summed E-state index contributed by atoms with van der Waals surface area (Å²) in [5.41, 5.74) is 2.14. The van der Waals surface area contributed by atoms with Crippen molar-refractivity contribution in [1.29, 1.82) is 0 Å². The second-order valence-electron chi connectivity index (χ2n) is 4.89. The number of oxazole rings is 1. The van der Waals surface area contributed by atoms with Crippen LogP contribution in [0, 0.1) is 5.92 Å². The Morgan fingerprint density at radius 1 is 1.47 bits per heavy atom. The molecule has 2 aromatic rings. The van der Waals surface area contributed by atoms with Gasteiger partial charge in [-0.3, -0.25) is 9.78 Å². The van der Waals surface area contributed by atoms with Gasteiger partial charge in [-0.15, -0.1) is 0 Å². The summed E-state index contributed by atoms with van der Waals surface area (Å²) in [4.78, 5) is 27.4. The first-order valence-electron chi connectivity index (χ1n) is 6.21. The number of aromatic amines is 1. The fourth-order valence-electron chi connectivity index (χ4n) is 2.21. The highest BCUT2D eigenvalue weighted by Crippen LogP contribution is 2.15. The van der Waals surface area contributed by atoms with Crippen molar-refractivity contribution in [1.82, 2.24) is 15.2 Å². The van der Waals surface area contributed by atoms with Crippen LogP contribution in [0.15, 0.2) is 27.4 Å². The van der Waals surface area contributed by atoms with E-state index in [0.717, 1.165) is 18.7 Å². The van der Waals surface area contributed by atoms with E-state index in [-0.39, 0.29) is 11.8 Å². The molecule has 0 unspecified atom stereocenters. The monoisotopic (exact) mass is 261 g/mol. The van der Waals surface area contributed by atoms with Crippen molar-refractivity contribution in [2.24, 2.45) is 5.92 Å². The Morgan fingerprint density at radius 2 is 2.26 bits per heavy atom. The summed E-state index contributed by atoms with van der Waals surface area (Å²) < 4.78 is 5.01. The molecule has 0 aliphatic carbocycles. The lowest BCUT2D eigenvalue weighted by Crippen LogP contribution is -2.50. The summed E-state index contributed by atoms with van der Waals surface area (Å²) in [6.45, 7) is 2.03. The van der Waals surface area contributed by atoms with Gasteiger partial charge in [0.05, 0.1) is 11.4 Å². The van der Waals surface area contributed by atoms with Crippen LogP contribution in [-0.4, -0.2) is 35.9 Å². The van der Waals surface area contributed by atoms with Crippen molar-refractivity contribution in [3.05, 3.63) is 34.3 Å². The number of fused-ring (bicyclic) bond motifs is 1. The quantitative estimate of drug-likeness (QED) is 0.833. The maximum atomic E-state index is 12.0. The van der Waals surface area contributed by atoms with E-state index in [1.165, 1.54) is 0 Å². The molecule has 2 N–H and O–H groups in total. The topological polar surface area (TPSA) is 78.3 Å². The Morgan fingerprint density at radius 3 is 2.95 bits per heavy atom. The highest BCUT2D eigenvalue weighted by atomic mass is 16.4. The molecule has 6 nitrogen and oxygen atoms in total. The number of carbonyl (C=O) groups excluding carboxylic acids is 1. The third-order valence-electron chi connectivity index (χ3n) is 3.41. The maximum Gasteiger partial charge on any atom is 0.417 e. The summed E-state index contributed by atoms with van der Waals surface area (Å²) in [5, 5.41) is 3.09. The van der Waals surface area contributed by atoms with Gasteiger partial charge in [0.15, 0.2) is 5.58 Å². The molecule has 0 saturated carbocycles. The average molecular weight is 261 g/mol. The minimum absolute atomic E-state index is 0.0962. The molecular weight excluding hydrogens is 246 g/mol. The van der Waals surface area contributed by atoms with Crippen molar-refractivity contribution >= 4 is 17.0 Å². The zero-order valence-corrected chi connectivity index (χ0v) is 10.6. The molecule has 0 radical (unpaired) electrons. The third-order valence-corrected chi connectivity index (χ3v) is 3.41. The van der Waals surface area contributed by atoms with E-state index in [1.54, 1.807) is 24.1 Å². The van der Waals surface area contributed by atoms with Gasteiger partial charge in [0.1, 0.15) is 0 Å². The predicted octanol–water partition coefficient (Wildman–Crippen LogP) is 0.299. The van der Waals surface area contributed by atoms with E-state index in [9.17, 15) is 9.59 Å².